The van der Waals surface area contributed by atoms with Crippen molar-refractivity contribution in [2.24, 2.45) is 0 Å². The van der Waals surface area contributed by atoms with Gasteiger partial charge in [0.15, 0.2) is 0 Å². The highest BCUT2D eigenvalue weighted by molar-refractivity contribution is 5.95. The lowest BCUT2D eigenvalue weighted by atomic mass is 10.1. The number of nitro benzene ring substituents is 2. The van der Waals surface area contributed by atoms with Crippen LogP contribution in [0.4, 0.5) is 17.1 Å². The molecule has 23 heavy (non-hydrogen) atoms. The standard InChI is InChI=1S/C14H11N3O6/c15-11-5-2-1-4-9(11)14(18)23-8-10-12(16(19)20)6-3-7-13(10)17(21)22/h1-7H,8,15H2. The van der Waals surface area contributed by atoms with E-state index in [0.717, 1.165) is 12.1 Å². The highest BCUT2D eigenvalue weighted by Gasteiger charge is 2.26. The van der Waals surface area contributed by atoms with Gasteiger partial charge in [-0.1, -0.05) is 12.1 Å². The molecule has 118 valence electrons. The van der Waals surface area contributed by atoms with Crippen LogP contribution in [0.1, 0.15) is 15.9 Å². The van der Waals surface area contributed by atoms with Crippen LogP contribution in [-0.2, 0) is 11.3 Å². The van der Waals surface area contributed by atoms with Crippen molar-refractivity contribution in [3.63, 3.8) is 0 Å². The van der Waals surface area contributed by atoms with Crippen molar-refractivity contribution in [3.05, 3.63) is 73.8 Å². The summed E-state index contributed by atoms with van der Waals surface area (Å²) >= 11 is 0. The minimum atomic E-state index is -0.824. The summed E-state index contributed by atoms with van der Waals surface area (Å²) in [6.07, 6.45) is 0. The Kier molecular flexibility index (Phi) is 4.50. The van der Waals surface area contributed by atoms with E-state index >= 15 is 0 Å². The molecule has 9 nitrogen and oxygen atoms in total. The van der Waals surface area contributed by atoms with Gasteiger partial charge in [-0.25, -0.2) is 4.79 Å². The van der Waals surface area contributed by atoms with E-state index in [9.17, 15) is 25.0 Å². The normalized spacial score (nSPS) is 10.1. The molecule has 9 heteroatoms. The number of nitrogen functional groups attached to an aromatic ring is 1. The van der Waals surface area contributed by atoms with Gasteiger partial charge in [-0.3, -0.25) is 20.2 Å². The lowest BCUT2D eigenvalue weighted by Crippen LogP contribution is -2.10. The topological polar surface area (TPSA) is 139 Å². The Morgan fingerprint density at radius 1 is 1.00 bits per heavy atom. The first-order chi connectivity index (χ1) is 10.9. The molecule has 0 unspecified atom stereocenters. The molecule has 0 spiro atoms. The fourth-order valence-electron chi connectivity index (χ4n) is 1.95. The van der Waals surface area contributed by atoms with E-state index in [1.807, 2.05) is 0 Å². The molecule has 2 N–H and O–H groups in total. The van der Waals surface area contributed by atoms with Crippen molar-refractivity contribution in [1.29, 1.82) is 0 Å². The average Bonchev–Trinajstić information content (AvgIpc) is 2.52. The molecule has 0 aliphatic heterocycles. The summed E-state index contributed by atoms with van der Waals surface area (Å²) in [7, 11) is 0. The van der Waals surface area contributed by atoms with Gasteiger partial charge in [0.05, 0.1) is 15.4 Å². The van der Waals surface area contributed by atoms with Gasteiger partial charge in [-0.2, -0.15) is 0 Å². The third-order valence-electron chi connectivity index (χ3n) is 3.05. The molecule has 0 saturated heterocycles. The predicted molar refractivity (Wildman–Crippen MR) is 79.7 cm³/mol. The second-order valence-corrected chi connectivity index (χ2v) is 4.45. The minimum Gasteiger partial charge on any atom is -0.457 e. The maximum atomic E-state index is 12.0. The lowest BCUT2D eigenvalue weighted by Gasteiger charge is -2.07. The maximum Gasteiger partial charge on any atom is 0.340 e. The molecular formula is C14H11N3O6. The van der Waals surface area contributed by atoms with Crippen LogP contribution in [0.3, 0.4) is 0 Å². The third-order valence-corrected chi connectivity index (χ3v) is 3.05. The molecule has 2 rings (SSSR count). The third kappa shape index (κ3) is 3.40. The van der Waals surface area contributed by atoms with E-state index in [0.29, 0.717) is 0 Å². The number of carbonyl (C=O) groups is 1. The Labute approximate surface area is 129 Å². The van der Waals surface area contributed by atoms with Gasteiger partial charge in [0.25, 0.3) is 11.4 Å². The number of esters is 1. The quantitative estimate of drug-likeness (QED) is 0.386. The van der Waals surface area contributed by atoms with Crippen LogP contribution < -0.4 is 5.73 Å². The SMILES string of the molecule is Nc1ccccc1C(=O)OCc1c([N+](=O)[O-])cccc1[N+](=O)[O-]. The molecule has 0 fully saturated rings. The average molecular weight is 317 g/mol. The fourth-order valence-corrected chi connectivity index (χ4v) is 1.95. The molecule has 0 radical (unpaired) electrons. The van der Waals surface area contributed by atoms with E-state index in [2.05, 4.69) is 0 Å². The first kappa shape index (κ1) is 15.9. The molecule has 0 atom stereocenters. The second-order valence-electron chi connectivity index (χ2n) is 4.45. The molecule has 0 aliphatic rings. The number of hydrogen-bond donors (Lipinski definition) is 1. The molecule has 0 heterocycles. The molecule has 0 bridgehead atoms. The summed E-state index contributed by atoms with van der Waals surface area (Å²) in [4.78, 5) is 32.4. The molecule has 0 aromatic heterocycles. The minimum absolute atomic E-state index is 0.0775. The van der Waals surface area contributed by atoms with E-state index in [1.165, 1.54) is 18.2 Å². The number of anilines is 1. The monoisotopic (exact) mass is 317 g/mol. The van der Waals surface area contributed by atoms with Gasteiger partial charge in [0, 0.05) is 17.8 Å². The Balaban J connectivity index is 2.30. The molecule has 0 aliphatic carbocycles. The largest absolute Gasteiger partial charge is 0.457 e. The van der Waals surface area contributed by atoms with Gasteiger partial charge in [0.1, 0.15) is 12.2 Å². The lowest BCUT2D eigenvalue weighted by molar-refractivity contribution is -0.396. The van der Waals surface area contributed by atoms with Gasteiger partial charge in [0.2, 0.25) is 0 Å². The smallest absolute Gasteiger partial charge is 0.340 e. The van der Waals surface area contributed by atoms with Crippen LogP contribution in [0.2, 0.25) is 0 Å². The van der Waals surface area contributed by atoms with Crippen molar-refractivity contribution in [2.75, 3.05) is 5.73 Å². The summed E-state index contributed by atoms with van der Waals surface area (Å²) in [6, 6.07) is 9.51. The first-order valence-corrected chi connectivity index (χ1v) is 6.34. The van der Waals surface area contributed by atoms with Crippen molar-refractivity contribution in [1.82, 2.24) is 0 Å². The Morgan fingerprint density at radius 3 is 2.09 bits per heavy atom. The summed E-state index contributed by atoms with van der Waals surface area (Å²) < 4.78 is 4.95. The maximum absolute atomic E-state index is 12.0. The van der Waals surface area contributed by atoms with Crippen molar-refractivity contribution >= 4 is 23.0 Å². The van der Waals surface area contributed by atoms with E-state index in [1.54, 1.807) is 12.1 Å². The van der Waals surface area contributed by atoms with Gasteiger partial charge < -0.3 is 10.5 Å². The summed E-state index contributed by atoms with van der Waals surface area (Å²) in [6.45, 7) is -0.610. The number of para-hydroxylation sites is 1. The molecule has 0 amide bonds. The predicted octanol–water partition coefficient (Wildman–Crippen LogP) is 2.44. The molecule has 2 aromatic carbocycles. The molecule has 0 saturated carbocycles. The molecular weight excluding hydrogens is 306 g/mol. The fraction of sp³-hybridized carbons (Fsp3) is 0.0714. The number of nitrogens with zero attached hydrogens (tertiary/aromatic N) is 2. The number of nitrogens with two attached hydrogens (primary N) is 1. The highest BCUT2D eigenvalue weighted by Crippen LogP contribution is 2.29. The summed E-state index contributed by atoms with van der Waals surface area (Å²) in [5, 5.41) is 22.0. The van der Waals surface area contributed by atoms with E-state index < -0.39 is 33.8 Å². The Hall–Kier alpha value is -3.49. The van der Waals surface area contributed by atoms with Crippen molar-refractivity contribution in [3.8, 4) is 0 Å². The van der Waals surface area contributed by atoms with Crippen molar-refractivity contribution < 1.29 is 19.4 Å². The number of nitro groups is 2. The van der Waals surface area contributed by atoms with Crippen LogP contribution in [-0.4, -0.2) is 15.8 Å². The summed E-state index contributed by atoms with van der Waals surface area (Å²) in [5.41, 5.74) is 4.61. The highest BCUT2D eigenvalue weighted by atomic mass is 16.6. The van der Waals surface area contributed by atoms with Crippen LogP contribution in [0.15, 0.2) is 42.5 Å². The Bertz CT molecular complexity index is 758. The van der Waals surface area contributed by atoms with Gasteiger partial charge >= 0.3 is 5.97 Å². The zero-order valence-electron chi connectivity index (χ0n) is 11.7. The van der Waals surface area contributed by atoms with Gasteiger partial charge in [-0.05, 0) is 18.2 Å². The van der Waals surface area contributed by atoms with Crippen LogP contribution >= 0.6 is 0 Å². The van der Waals surface area contributed by atoms with Crippen LogP contribution in [0, 0.1) is 20.2 Å². The first-order valence-electron chi connectivity index (χ1n) is 6.34. The Morgan fingerprint density at radius 2 is 1.57 bits per heavy atom. The number of carbonyl (C=O) groups excluding carboxylic acids is 1. The van der Waals surface area contributed by atoms with Crippen LogP contribution in [0.5, 0.6) is 0 Å². The van der Waals surface area contributed by atoms with Gasteiger partial charge in [-0.15, -0.1) is 0 Å². The summed E-state index contributed by atoms with van der Waals surface area (Å²) in [5.74, 6) is -0.824. The zero-order valence-corrected chi connectivity index (χ0v) is 11.7. The number of ether oxygens (including phenoxy) is 1. The second kappa shape index (κ2) is 6.52. The van der Waals surface area contributed by atoms with Crippen LogP contribution in [0.25, 0.3) is 0 Å². The van der Waals surface area contributed by atoms with E-state index in [-0.39, 0.29) is 16.8 Å². The number of hydrogen-bond acceptors (Lipinski definition) is 7. The molecule has 2 aromatic rings. The number of benzene rings is 2. The number of rotatable bonds is 5. The van der Waals surface area contributed by atoms with E-state index in [4.69, 9.17) is 10.5 Å². The zero-order chi connectivity index (χ0) is 17.0. The van der Waals surface area contributed by atoms with Crippen molar-refractivity contribution in [2.45, 2.75) is 6.61 Å².